The minimum Gasteiger partial charge on any atom is -0.508 e. The molecule has 2 atom stereocenters. The van der Waals surface area contributed by atoms with Crippen molar-refractivity contribution >= 4 is 11.8 Å². The van der Waals surface area contributed by atoms with Gasteiger partial charge in [-0.15, -0.1) is 0 Å². The van der Waals surface area contributed by atoms with Gasteiger partial charge in [0.2, 0.25) is 0 Å². The van der Waals surface area contributed by atoms with Crippen molar-refractivity contribution in [2.45, 2.75) is 39.2 Å². The molecule has 2 N–H and O–H groups in total. The number of esters is 1. The van der Waals surface area contributed by atoms with Crippen LogP contribution in [-0.4, -0.2) is 28.1 Å². The number of cyclic esters (lactones) is 1. The molecule has 0 saturated heterocycles. The van der Waals surface area contributed by atoms with Gasteiger partial charge >= 0.3 is 5.97 Å². The third-order valence-corrected chi connectivity index (χ3v) is 3.83. The van der Waals surface area contributed by atoms with Gasteiger partial charge in [0.25, 0.3) is 0 Å². The van der Waals surface area contributed by atoms with E-state index in [1.165, 1.54) is 6.07 Å². The molecule has 5 nitrogen and oxygen atoms in total. The summed E-state index contributed by atoms with van der Waals surface area (Å²) >= 11 is 0. The van der Waals surface area contributed by atoms with Gasteiger partial charge in [-0.1, -0.05) is 19.1 Å². The number of fused-ring (bicyclic) bond motifs is 1. The number of hydrogen-bond acceptors (Lipinski definition) is 5. The second kappa shape index (κ2) is 6.64. The first-order valence-corrected chi connectivity index (χ1v) is 7.32. The van der Waals surface area contributed by atoms with Crippen molar-refractivity contribution in [3.05, 3.63) is 35.4 Å². The average molecular weight is 304 g/mol. The molecule has 2 rings (SSSR count). The number of rotatable bonds is 0. The summed E-state index contributed by atoms with van der Waals surface area (Å²) < 4.78 is 5.34. The lowest BCUT2D eigenvalue weighted by Gasteiger charge is -2.19. The van der Waals surface area contributed by atoms with Crippen LogP contribution in [0.2, 0.25) is 0 Å². The number of hydrogen-bond donors (Lipinski definition) is 2. The first-order valence-electron chi connectivity index (χ1n) is 7.32. The molecule has 0 unspecified atom stereocenters. The van der Waals surface area contributed by atoms with E-state index in [0.717, 1.165) is 6.07 Å². The van der Waals surface area contributed by atoms with Crippen LogP contribution in [0, 0.1) is 5.92 Å². The van der Waals surface area contributed by atoms with Gasteiger partial charge in [0.05, 0.1) is 12.0 Å². The highest BCUT2D eigenvalue weighted by Gasteiger charge is 2.22. The molecule has 0 fully saturated rings. The van der Waals surface area contributed by atoms with Crippen LogP contribution in [0.5, 0.6) is 11.5 Å². The summed E-state index contributed by atoms with van der Waals surface area (Å²) in [5.74, 6) is -1.20. The van der Waals surface area contributed by atoms with Crippen molar-refractivity contribution in [3.8, 4) is 11.5 Å². The van der Waals surface area contributed by atoms with Crippen LogP contribution in [0.4, 0.5) is 0 Å². The Morgan fingerprint density at radius 1 is 1.18 bits per heavy atom. The van der Waals surface area contributed by atoms with Gasteiger partial charge < -0.3 is 14.9 Å². The van der Waals surface area contributed by atoms with E-state index in [-0.39, 0.29) is 53.3 Å². The van der Waals surface area contributed by atoms with Crippen molar-refractivity contribution in [3.63, 3.8) is 0 Å². The number of ketones is 1. The minimum atomic E-state index is -0.493. The standard InChI is InChI=1S/C17H20O5/c1-10-5-3-4-6-14(19)17-12(7-13(18)9-15(17)20)8-16(21)22-11(10)2/h3,5,7,9-11,18,20H,4,6,8H2,1-2H3/b5-3+/t10-,11+/m1/s1. The molecule has 0 aromatic heterocycles. The van der Waals surface area contributed by atoms with Gasteiger partial charge in [-0.05, 0) is 25.0 Å². The smallest absolute Gasteiger partial charge is 0.310 e. The highest BCUT2D eigenvalue weighted by Crippen LogP contribution is 2.30. The van der Waals surface area contributed by atoms with Crippen LogP contribution < -0.4 is 0 Å². The molecule has 0 aliphatic carbocycles. The number of phenolic OH excluding ortho intramolecular Hbond substituents is 2. The monoisotopic (exact) mass is 304 g/mol. The number of carbonyl (C=O) groups is 2. The Morgan fingerprint density at radius 2 is 1.91 bits per heavy atom. The number of allylic oxidation sites excluding steroid dienone is 1. The van der Waals surface area contributed by atoms with Crippen molar-refractivity contribution < 1.29 is 24.5 Å². The molecule has 1 aromatic rings. The van der Waals surface area contributed by atoms with E-state index in [1.807, 2.05) is 26.0 Å². The van der Waals surface area contributed by atoms with E-state index in [1.54, 1.807) is 0 Å². The normalized spacial score (nSPS) is 24.6. The highest BCUT2D eigenvalue weighted by molar-refractivity contribution is 6.01. The molecular formula is C17H20O5. The molecule has 0 radical (unpaired) electrons. The van der Waals surface area contributed by atoms with Gasteiger partial charge in [0.1, 0.15) is 17.6 Å². The Kier molecular flexibility index (Phi) is 4.85. The molecule has 1 heterocycles. The lowest BCUT2D eigenvalue weighted by atomic mass is 9.96. The summed E-state index contributed by atoms with van der Waals surface area (Å²) in [6.07, 6.45) is 4.13. The molecule has 118 valence electrons. The second-order valence-electron chi connectivity index (χ2n) is 5.62. The first-order chi connectivity index (χ1) is 10.4. The molecule has 5 heteroatoms. The highest BCUT2D eigenvalue weighted by atomic mass is 16.5. The number of Topliss-reactive ketones (excluding diaryl/α,β-unsaturated/α-hetero) is 1. The van der Waals surface area contributed by atoms with Gasteiger partial charge in [-0.25, -0.2) is 0 Å². The number of aromatic hydroxyl groups is 2. The van der Waals surface area contributed by atoms with Crippen molar-refractivity contribution in [1.29, 1.82) is 0 Å². The summed E-state index contributed by atoms with van der Waals surface area (Å²) in [5, 5.41) is 19.5. The number of carbonyl (C=O) groups excluding carboxylic acids is 2. The molecule has 1 aliphatic heterocycles. The summed E-state index contributed by atoms with van der Waals surface area (Å²) in [7, 11) is 0. The Balaban J connectivity index is 2.41. The van der Waals surface area contributed by atoms with Gasteiger partial charge in [-0.3, -0.25) is 9.59 Å². The Labute approximate surface area is 129 Å². The first kappa shape index (κ1) is 16.1. The summed E-state index contributed by atoms with van der Waals surface area (Å²) in [6.45, 7) is 3.75. The van der Waals surface area contributed by atoms with Gasteiger partial charge in [0.15, 0.2) is 5.78 Å². The van der Waals surface area contributed by atoms with E-state index in [9.17, 15) is 19.8 Å². The number of ether oxygens (including phenoxy) is 1. The number of benzene rings is 1. The molecular weight excluding hydrogens is 284 g/mol. The SMILES string of the molecule is C[C@@H]1/C=C/CCC(=O)c2c(O)cc(O)cc2CC(=O)O[C@H]1C. The van der Waals surface area contributed by atoms with Crippen molar-refractivity contribution in [1.82, 2.24) is 0 Å². The van der Waals surface area contributed by atoms with E-state index >= 15 is 0 Å². The maximum absolute atomic E-state index is 12.3. The van der Waals surface area contributed by atoms with Crippen LogP contribution in [0.3, 0.4) is 0 Å². The third kappa shape index (κ3) is 3.67. The molecule has 1 aliphatic rings. The van der Waals surface area contributed by atoms with Crippen LogP contribution >= 0.6 is 0 Å². The molecule has 1 aromatic carbocycles. The van der Waals surface area contributed by atoms with E-state index in [4.69, 9.17) is 4.74 Å². The average Bonchev–Trinajstić information content (AvgIpc) is 2.41. The molecule has 22 heavy (non-hydrogen) atoms. The quantitative estimate of drug-likeness (QED) is 0.569. The third-order valence-electron chi connectivity index (χ3n) is 3.83. The lowest BCUT2D eigenvalue weighted by molar-refractivity contribution is -0.148. The molecule has 0 amide bonds. The zero-order chi connectivity index (χ0) is 16.3. The van der Waals surface area contributed by atoms with E-state index in [2.05, 4.69) is 0 Å². The Hall–Kier alpha value is -2.30. The number of phenols is 2. The van der Waals surface area contributed by atoms with Crippen LogP contribution in [0.25, 0.3) is 0 Å². The largest absolute Gasteiger partial charge is 0.508 e. The van der Waals surface area contributed by atoms with Crippen molar-refractivity contribution in [2.24, 2.45) is 5.92 Å². The Bertz CT molecular complexity index is 618. The predicted molar refractivity (Wildman–Crippen MR) is 80.9 cm³/mol. The van der Waals surface area contributed by atoms with E-state index < -0.39 is 5.97 Å². The fourth-order valence-electron chi connectivity index (χ4n) is 2.45. The minimum absolute atomic E-state index is 0.0514. The molecule has 0 bridgehead atoms. The molecule has 0 spiro atoms. The van der Waals surface area contributed by atoms with Gasteiger partial charge in [-0.2, -0.15) is 0 Å². The fourth-order valence-corrected chi connectivity index (χ4v) is 2.45. The lowest BCUT2D eigenvalue weighted by Crippen LogP contribution is -2.23. The maximum atomic E-state index is 12.3. The fraction of sp³-hybridized carbons (Fsp3) is 0.412. The summed E-state index contributed by atoms with van der Waals surface area (Å²) in [5.41, 5.74) is 0.376. The zero-order valence-corrected chi connectivity index (χ0v) is 12.7. The second-order valence-corrected chi connectivity index (χ2v) is 5.62. The van der Waals surface area contributed by atoms with Crippen LogP contribution in [-0.2, 0) is 16.0 Å². The Morgan fingerprint density at radius 3 is 2.64 bits per heavy atom. The topological polar surface area (TPSA) is 83.8 Å². The maximum Gasteiger partial charge on any atom is 0.310 e. The van der Waals surface area contributed by atoms with Crippen LogP contribution in [0.1, 0.15) is 42.6 Å². The van der Waals surface area contributed by atoms with Crippen LogP contribution in [0.15, 0.2) is 24.3 Å². The van der Waals surface area contributed by atoms with E-state index in [0.29, 0.717) is 6.42 Å². The van der Waals surface area contributed by atoms with Gasteiger partial charge in [0, 0.05) is 18.4 Å². The van der Waals surface area contributed by atoms with Crippen molar-refractivity contribution in [2.75, 3.05) is 0 Å². The zero-order valence-electron chi connectivity index (χ0n) is 12.7. The summed E-state index contributed by atoms with van der Waals surface area (Å²) in [6, 6.07) is 2.43. The molecule has 0 saturated carbocycles. The predicted octanol–water partition coefficient (Wildman–Crippen LogP) is 2.74. The summed E-state index contributed by atoms with van der Waals surface area (Å²) in [4.78, 5) is 24.3.